The van der Waals surface area contributed by atoms with Crippen LogP contribution < -0.4 is 0 Å². The van der Waals surface area contributed by atoms with Crippen molar-refractivity contribution in [2.75, 3.05) is 26.4 Å². The van der Waals surface area contributed by atoms with Gasteiger partial charge in [0.2, 0.25) is 15.9 Å². The number of sulfonamides is 1. The van der Waals surface area contributed by atoms with Crippen LogP contribution >= 0.6 is 0 Å². The van der Waals surface area contributed by atoms with Gasteiger partial charge in [0.1, 0.15) is 6.04 Å². The number of likely N-dealkylation sites (N-methyl/N-ethyl adjacent to an activating group) is 1. The van der Waals surface area contributed by atoms with E-state index in [1.54, 1.807) is 0 Å². The zero-order valence-electron chi connectivity index (χ0n) is 14.5. The van der Waals surface area contributed by atoms with E-state index in [4.69, 9.17) is 0 Å². The molecule has 2 rings (SSSR count). The Morgan fingerprint density at radius 1 is 1.24 bits per heavy atom. The average Bonchev–Trinajstić information content (AvgIpc) is 2.58. The third-order valence-electron chi connectivity index (χ3n) is 4.64. The highest BCUT2D eigenvalue weighted by Gasteiger charge is 2.34. The monoisotopic (exact) mass is 368 g/mol. The third kappa shape index (κ3) is 5.02. The Morgan fingerprint density at radius 2 is 1.80 bits per heavy atom. The van der Waals surface area contributed by atoms with Crippen LogP contribution in [0.3, 0.4) is 0 Å². The fourth-order valence-electron chi connectivity index (χ4n) is 3.10. The number of carboxylic acid groups (broad SMARTS) is 1. The molecule has 7 nitrogen and oxygen atoms in total. The number of hydrogen-bond donors (Lipinski definition) is 1. The molecule has 1 fully saturated rings. The van der Waals surface area contributed by atoms with Crippen molar-refractivity contribution in [1.82, 2.24) is 9.21 Å². The Hall–Kier alpha value is -1.93. The quantitative estimate of drug-likeness (QED) is 0.802. The molecule has 0 bridgehead atoms. The maximum Gasteiger partial charge on any atom is 0.326 e. The van der Waals surface area contributed by atoms with Gasteiger partial charge < -0.3 is 10.0 Å². The molecule has 0 aliphatic carbocycles. The first-order valence-electron chi connectivity index (χ1n) is 8.18. The number of hydrogen-bond acceptors (Lipinski definition) is 4. The van der Waals surface area contributed by atoms with Crippen molar-refractivity contribution in [3.05, 3.63) is 35.9 Å². The highest BCUT2D eigenvalue weighted by atomic mass is 32.2. The Balaban J connectivity index is 2.03. The summed E-state index contributed by atoms with van der Waals surface area (Å²) < 4.78 is 24.5. The molecule has 1 aliphatic heterocycles. The van der Waals surface area contributed by atoms with Crippen LogP contribution in [0.4, 0.5) is 0 Å². The summed E-state index contributed by atoms with van der Waals surface area (Å²) in [7, 11) is -1.74. The minimum absolute atomic E-state index is 0.237. The molecular formula is C17H24N2O5S. The fraction of sp³-hybridized carbons (Fsp3) is 0.529. The molecule has 1 aromatic carbocycles. The summed E-state index contributed by atoms with van der Waals surface area (Å²) in [4.78, 5) is 25.6. The number of piperidine rings is 1. The van der Waals surface area contributed by atoms with Gasteiger partial charge in [-0.25, -0.2) is 17.5 Å². The number of benzene rings is 1. The van der Waals surface area contributed by atoms with E-state index in [1.807, 2.05) is 30.3 Å². The van der Waals surface area contributed by atoms with Gasteiger partial charge in [0.25, 0.3) is 0 Å². The first-order chi connectivity index (χ1) is 11.7. The van der Waals surface area contributed by atoms with E-state index < -0.39 is 22.0 Å². The second-order valence-corrected chi connectivity index (χ2v) is 8.41. The van der Waals surface area contributed by atoms with Gasteiger partial charge in [0.15, 0.2) is 0 Å². The third-order valence-corrected chi connectivity index (χ3v) is 5.95. The predicted octanol–water partition coefficient (Wildman–Crippen LogP) is 0.812. The molecule has 0 radical (unpaired) electrons. The lowest BCUT2D eigenvalue weighted by molar-refractivity contribution is -0.151. The number of amides is 1. The van der Waals surface area contributed by atoms with E-state index in [0.29, 0.717) is 25.9 Å². The second-order valence-electron chi connectivity index (χ2n) is 6.43. The summed E-state index contributed by atoms with van der Waals surface area (Å²) in [6, 6.07) is 8.23. The van der Waals surface area contributed by atoms with E-state index in [9.17, 15) is 23.1 Å². The number of carbonyl (C=O) groups is 2. The number of carbonyl (C=O) groups excluding carboxylic acids is 1. The molecule has 1 N–H and O–H groups in total. The zero-order chi connectivity index (χ0) is 18.6. The van der Waals surface area contributed by atoms with E-state index in [0.717, 1.165) is 11.8 Å². The second kappa shape index (κ2) is 7.97. The van der Waals surface area contributed by atoms with Crippen molar-refractivity contribution in [2.45, 2.75) is 25.3 Å². The van der Waals surface area contributed by atoms with Crippen molar-refractivity contribution < 1.29 is 23.1 Å². The topological polar surface area (TPSA) is 95.0 Å². The molecule has 0 saturated carbocycles. The molecule has 1 aromatic rings. The highest BCUT2D eigenvalue weighted by Crippen LogP contribution is 2.22. The molecule has 25 heavy (non-hydrogen) atoms. The molecule has 0 aromatic heterocycles. The van der Waals surface area contributed by atoms with E-state index in [2.05, 4.69) is 0 Å². The van der Waals surface area contributed by atoms with E-state index >= 15 is 0 Å². The van der Waals surface area contributed by atoms with Gasteiger partial charge in [-0.3, -0.25) is 4.79 Å². The summed E-state index contributed by atoms with van der Waals surface area (Å²) in [5, 5.41) is 9.52. The maximum absolute atomic E-state index is 12.7. The van der Waals surface area contributed by atoms with Gasteiger partial charge in [-0.15, -0.1) is 0 Å². The van der Waals surface area contributed by atoms with Gasteiger partial charge in [-0.2, -0.15) is 0 Å². The molecule has 1 heterocycles. The SMILES string of the molecule is CN(C(=O)C1CCN(S(C)(=O)=O)CC1)C(Cc1ccccc1)C(=O)O. The maximum atomic E-state index is 12.7. The minimum atomic E-state index is -3.25. The highest BCUT2D eigenvalue weighted by molar-refractivity contribution is 7.88. The molecule has 0 spiro atoms. The first kappa shape index (κ1) is 19.4. The van der Waals surface area contributed by atoms with Crippen LogP contribution in [-0.4, -0.2) is 67.0 Å². The largest absolute Gasteiger partial charge is 0.480 e. The molecule has 138 valence electrons. The van der Waals surface area contributed by atoms with Crippen LogP contribution in [0.15, 0.2) is 30.3 Å². The molecule has 1 amide bonds. The van der Waals surface area contributed by atoms with E-state index in [1.165, 1.54) is 16.3 Å². The number of rotatable bonds is 6. The number of aliphatic carboxylic acids is 1. The molecule has 8 heteroatoms. The van der Waals surface area contributed by atoms with Crippen molar-refractivity contribution in [3.8, 4) is 0 Å². The fourth-order valence-corrected chi connectivity index (χ4v) is 3.98. The summed E-state index contributed by atoms with van der Waals surface area (Å²) in [6.45, 7) is 0.582. The number of nitrogens with zero attached hydrogens (tertiary/aromatic N) is 2. The Labute approximate surface area is 148 Å². The summed E-state index contributed by atoms with van der Waals surface area (Å²) >= 11 is 0. The lowest BCUT2D eigenvalue weighted by atomic mass is 9.95. The lowest BCUT2D eigenvalue weighted by Crippen LogP contribution is -2.49. The Morgan fingerprint density at radius 3 is 2.28 bits per heavy atom. The number of carboxylic acids is 1. The molecular weight excluding hydrogens is 344 g/mol. The van der Waals surface area contributed by atoms with Crippen molar-refractivity contribution in [1.29, 1.82) is 0 Å². The van der Waals surface area contributed by atoms with Crippen LogP contribution in [0.1, 0.15) is 18.4 Å². The smallest absolute Gasteiger partial charge is 0.326 e. The summed E-state index contributed by atoms with van der Waals surface area (Å²) in [5.74, 6) is -1.63. The molecule has 1 atom stereocenters. The van der Waals surface area contributed by atoms with Crippen molar-refractivity contribution in [2.24, 2.45) is 5.92 Å². The van der Waals surface area contributed by atoms with Crippen molar-refractivity contribution >= 4 is 21.9 Å². The van der Waals surface area contributed by atoms with Gasteiger partial charge in [0.05, 0.1) is 6.26 Å². The van der Waals surface area contributed by atoms with Crippen LogP contribution in [0.5, 0.6) is 0 Å². The standard InChI is InChI=1S/C17H24N2O5S/c1-18(15(17(21)22)12-13-6-4-3-5-7-13)16(20)14-8-10-19(11-9-14)25(2,23)24/h3-7,14-15H,8-12H2,1-2H3,(H,21,22). The average molecular weight is 368 g/mol. The van der Waals surface area contributed by atoms with E-state index in [-0.39, 0.29) is 18.2 Å². The van der Waals surface area contributed by atoms with Gasteiger partial charge in [-0.1, -0.05) is 30.3 Å². The first-order valence-corrected chi connectivity index (χ1v) is 10.0. The van der Waals surface area contributed by atoms with Gasteiger partial charge >= 0.3 is 5.97 Å². The van der Waals surface area contributed by atoms with Crippen molar-refractivity contribution in [3.63, 3.8) is 0 Å². The van der Waals surface area contributed by atoms with Gasteiger partial charge in [-0.05, 0) is 18.4 Å². The summed E-state index contributed by atoms with van der Waals surface area (Å²) in [5.41, 5.74) is 0.849. The Kier molecular flexibility index (Phi) is 6.18. The zero-order valence-corrected chi connectivity index (χ0v) is 15.3. The van der Waals surface area contributed by atoms with Crippen LogP contribution in [0.2, 0.25) is 0 Å². The van der Waals surface area contributed by atoms with Crippen LogP contribution in [-0.2, 0) is 26.0 Å². The molecule has 1 unspecified atom stereocenters. The minimum Gasteiger partial charge on any atom is -0.480 e. The molecule has 1 saturated heterocycles. The predicted molar refractivity (Wildman–Crippen MR) is 93.5 cm³/mol. The normalized spacial score (nSPS) is 17.8. The van der Waals surface area contributed by atoms with Gasteiger partial charge in [0, 0.05) is 32.5 Å². The Bertz CT molecular complexity index is 712. The lowest BCUT2D eigenvalue weighted by Gasteiger charge is -2.33. The molecule has 1 aliphatic rings. The summed E-state index contributed by atoms with van der Waals surface area (Å²) in [6.07, 6.45) is 2.21. The van der Waals surface area contributed by atoms with Crippen LogP contribution in [0, 0.1) is 5.92 Å². The van der Waals surface area contributed by atoms with Crippen LogP contribution in [0.25, 0.3) is 0 Å².